The average Bonchev–Trinajstić information content (AvgIpc) is 3.21. The van der Waals surface area contributed by atoms with Crippen molar-refractivity contribution in [1.82, 2.24) is 15.5 Å². The van der Waals surface area contributed by atoms with Crippen LogP contribution in [0.3, 0.4) is 0 Å². The Morgan fingerprint density at radius 2 is 1.95 bits per heavy atom. The summed E-state index contributed by atoms with van der Waals surface area (Å²) in [5.74, 6) is 0.123. The first-order valence-electron chi connectivity index (χ1n) is 7.37. The van der Waals surface area contributed by atoms with Gasteiger partial charge in [-0.15, -0.1) is 0 Å². The van der Waals surface area contributed by atoms with E-state index in [2.05, 4.69) is 41.8 Å². The van der Waals surface area contributed by atoms with Gasteiger partial charge in [0.2, 0.25) is 5.91 Å². The van der Waals surface area contributed by atoms with Crippen molar-refractivity contribution in [3.8, 4) is 0 Å². The second-order valence-electron chi connectivity index (χ2n) is 5.76. The molecule has 0 bridgehead atoms. The molecule has 1 aliphatic rings. The molecule has 0 saturated heterocycles. The van der Waals surface area contributed by atoms with Gasteiger partial charge in [-0.2, -0.15) is 0 Å². The molecular formula is C16H25N3O. The van der Waals surface area contributed by atoms with E-state index >= 15 is 0 Å². The molecule has 0 atom stereocenters. The number of nitrogens with one attached hydrogen (secondary N) is 2. The lowest BCUT2D eigenvalue weighted by atomic mass is 10.1. The molecule has 0 unspecified atom stereocenters. The predicted molar refractivity (Wildman–Crippen MR) is 81.3 cm³/mol. The normalized spacial score (nSPS) is 14.6. The molecule has 0 spiro atoms. The van der Waals surface area contributed by atoms with Crippen LogP contribution in [0.2, 0.25) is 0 Å². The van der Waals surface area contributed by atoms with Gasteiger partial charge in [0.1, 0.15) is 0 Å². The van der Waals surface area contributed by atoms with Crippen molar-refractivity contribution in [2.24, 2.45) is 0 Å². The number of carbonyl (C=O) groups excluding carboxylic acids is 1. The summed E-state index contributed by atoms with van der Waals surface area (Å²) in [6.07, 6.45) is 3.09. The van der Waals surface area contributed by atoms with Gasteiger partial charge < -0.3 is 15.5 Å². The van der Waals surface area contributed by atoms with Gasteiger partial charge in [0.25, 0.3) is 0 Å². The Hall–Kier alpha value is -1.39. The molecule has 0 aliphatic heterocycles. The minimum Gasteiger partial charge on any atom is -0.352 e. The largest absolute Gasteiger partial charge is 0.352 e. The van der Waals surface area contributed by atoms with Gasteiger partial charge in [0.15, 0.2) is 0 Å². The van der Waals surface area contributed by atoms with E-state index in [4.69, 9.17) is 0 Å². The van der Waals surface area contributed by atoms with Crippen molar-refractivity contribution in [2.75, 3.05) is 20.6 Å². The molecule has 1 aliphatic carbocycles. The number of amides is 1. The van der Waals surface area contributed by atoms with Crippen molar-refractivity contribution >= 4 is 5.91 Å². The number of nitrogens with zero attached hydrogens (tertiary/aromatic N) is 1. The van der Waals surface area contributed by atoms with Crippen LogP contribution >= 0.6 is 0 Å². The Labute approximate surface area is 121 Å². The maximum Gasteiger partial charge on any atom is 0.221 e. The van der Waals surface area contributed by atoms with Crippen LogP contribution in [-0.4, -0.2) is 37.5 Å². The summed E-state index contributed by atoms with van der Waals surface area (Å²) in [7, 11) is 4.11. The van der Waals surface area contributed by atoms with Crippen LogP contribution in [0.5, 0.6) is 0 Å². The number of carbonyl (C=O) groups is 1. The Morgan fingerprint density at radius 1 is 1.25 bits per heavy atom. The zero-order valence-corrected chi connectivity index (χ0v) is 12.5. The molecule has 2 rings (SSSR count). The minimum absolute atomic E-state index is 0.123. The number of hydrogen-bond donors (Lipinski definition) is 2. The maximum absolute atomic E-state index is 11.8. The van der Waals surface area contributed by atoms with Gasteiger partial charge in [-0.25, -0.2) is 0 Å². The SMILES string of the molecule is CN(C)Cc1ccccc1CNC(=O)CCNC1CC1. The highest BCUT2D eigenvalue weighted by Gasteiger charge is 2.20. The van der Waals surface area contributed by atoms with Gasteiger partial charge in [0.05, 0.1) is 0 Å². The zero-order chi connectivity index (χ0) is 14.4. The Balaban J connectivity index is 1.75. The molecule has 1 saturated carbocycles. The molecule has 1 aromatic rings. The second-order valence-corrected chi connectivity index (χ2v) is 5.76. The van der Waals surface area contributed by atoms with Crippen LogP contribution in [0.4, 0.5) is 0 Å². The lowest BCUT2D eigenvalue weighted by molar-refractivity contribution is -0.121. The summed E-state index contributed by atoms with van der Waals surface area (Å²) >= 11 is 0. The fourth-order valence-electron chi connectivity index (χ4n) is 2.18. The third-order valence-corrected chi connectivity index (χ3v) is 3.44. The number of rotatable bonds is 8. The molecule has 1 amide bonds. The summed E-state index contributed by atoms with van der Waals surface area (Å²) in [5.41, 5.74) is 2.47. The standard InChI is InChI=1S/C16H25N3O/c1-19(2)12-14-6-4-3-5-13(14)11-18-16(20)9-10-17-15-7-8-15/h3-6,15,17H,7-12H2,1-2H3,(H,18,20). The fraction of sp³-hybridized carbons (Fsp3) is 0.562. The van der Waals surface area contributed by atoms with Crippen LogP contribution in [0.25, 0.3) is 0 Å². The van der Waals surface area contributed by atoms with Crippen LogP contribution in [0.15, 0.2) is 24.3 Å². The maximum atomic E-state index is 11.8. The van der Waals surface area contributed by atoms with E-state index in [1.165, 1.54) is 24.0 Å². The first-order valence-corrected chi connectivity index (χ1v) is 7.37. The van der Waals surface area contributed by atoms with Gasteiger partial charge in [-0.1, -0.05) is 24.3 Å². The molecule has 4 nitrogen and oxygen atoms in total. The number of hydrogen-bond acceptors (Lipinski definition) is 3. The van der Waals surface area contributed by atoms with Crippen molar-refractivity contribution < 1.29 is 4.79 Å². The molecule has 110 valence electrons. The third-order valence-electron chi connectivity index (χ3n) is 3.44. The lowest BCUT2D eigenvalue weighted by Gasteiger charge is -2.14. The fourth-order valence-corrected chi connectivity index (χ4v) is 2.18. The molecule has 0 radical (unpaired) electrons. The van der Waals surface area contributed by atoms with Crippen LogP contribution in [0.1, 0.15) is 30.4 Å². The van der Waals surface area contributed by atoms with Gasteiger partial charge >= 0.3 is 0 Å². The molecule has 1 aromatic carbocycles. The molecule has 0 heterocycles. The van der Waals surface area contributed by atoms with Crippen molar-refractivity contribution in [3.63, 3.8) is 0 Å². The average molecular weight is 275 g/mol. The van der Waals surface area contributed by atoms with Gasteiger partial charge in [-0.05, 0) is 38.1 Å². The topological polar surface area (TPSA) is 44.4 Å². The minimum atomic E-state index is 0.123. The summed E-state index contributed by atoms with van der Waals surface area (Å²) < 4.78 is 0. The van der Waals surface area contributed by atoms with E-state index in [1.54, 1.807) is 0 Å². The van der Waals surface area contributed by atoms with Crippen molar-refractivity contribution in [1.29, 1.82) is 0 Å². The number of benzene rings is 1. The second kappa shape index (κ2) is 7.41. The first-order chi connectivity index (χ1) is 9.65. The monoisotopic (exact) mass is 275 g/mol. The molecule has 4 heteroatoms. The van der Waals surface area contributed by atoms with E-state index in [-0.39, 0.29) is 5.91 Å². The highest BCUT2D eigenvalue weighted by molar-refractivity contribution is 5.76. The third kappa shape index (κ3) is 5.31. The van der Waals surface area contributed by atoms with Gasteiger partial charge in [-0.3, -0.25) is 4.79 Å². The summed E-state index contributed by atoms with van der Waals surface area (Å²) in [6, 6.07) is 8.94. The van der Waals surface area contributed by atoms with Gasteiger partial charge in [0, 0.05) is 32.1 Å². The van der Waals surface area contributed by atoms with Crippen LogP contribution < -0.4 is 10.6 Å². The lowest BCUT2D eigenvalue weighted by Crippen LogP contribution is -2.28. The van der Waals surface area contributed by atoms with E-state index in [1.807, 2.05) is 12.1 Å². The van der Waals surface area contributed by atoms with Crippen LogP contribution in [0, 0.1) is 0 Å². The highest BCUT2D eigenvalue weighted by atomic mass is 16.1. The van der Waals surface area contributed by atoms with Crippen LogP contribution in [-0.2, 0) is 17.9 Å². The summed E-state index contributed by atoms with van der Waals surface area (Å²) in [6.45, 7) is 2.30. The van der Waals surface area contributed by atoms with E-state index in [0.717, 1.165) is 13.1 Å². The molecular weight excluding hydrogens is 250 g/mol. The molecule has 2 N–H and O–H groups in total. The van der Waals surface area contributed by atoms with Crippen molar-refractivity contribution in [2.45, 2.75) is 38.4 Å². The summed E-state index contributed by atoms with van der Waals surface area (Å²) in [4.78, 5) is 13.9. The quantitative estimate of drug-likeness (QED) is 0.756. The van der Waals surface area contributed by atoms with E-state index in [0.29, 0.717) is 19.0 Å². The smallest absolute Gasteiger partial charge is 0.221 e. The molecule has 1 fully saturated rings. The van der Waals surface area contributed by atoms with E-state index < -0.39 is 0 Å². The zero-order valence-electron chi connectivity index (χ0n) is 12.5. The van der Waals surface area contributed by atoms with E-state index in [9.17, 15) is 4.79 Å². The van der Waals surface area contributed by atoms with Crippen molar-refractivity contribution in [3.05, 3.63) is 35.4 Å². The Kier molecular flexibility index (Phi) is 5.56. The first kappa shape index (κ1) is 15.0. The Bertz CT molecular complexity index is 441. The molecule has 20 heavy (non-hydrogen) atoms. The summed E-state index contributed by atoms with van der Waals surface area (Å²) in [5, 5.41) is 6.36. The Morgan fingerprint density at radius 3 is 2.60 bits per heavy atom. The predicted octanol–water partition coefficient (Wildman–Crippen LogP) is 1.51. The molecule has 0 aromatic heterocycles. The highest BCUT2D eigenvalue weighted by Crippen LogP contribution is 2.18.